The number of nitrogens with one attached hydrogen (secondary N) is 1. The van der Waals surface area contributed by atoms with Crippen molar-refractivity contribution in [2.75, 3.05) is 33.5 Å². The summed E-state index contributed by atoms with van der Waals surface area (Å²) in [7, 11) is 1.70. The van der Waals surface area contributed by atoms with Gasteiger partial charge in [-0.15, -0.1) is 0 Å². The van der Waals surface area contributed by atoms with Crippen LogP contribution in [0.5, 0.6) is 0 Å². The first-order chi connectivity index (χ1) is 9.92. The second kappa shape index (κ2) is 9.11. The second-order valence-corrected chi connectivity index (χ2v) is 5.46. The molecule has 0 aromatic heterocycles. The van der Waals surface area contributed by atoms with Gasteiger partial charge < -0.3 is 14.8 Å². The van der Waals surface area contributed by atoms with Gasteiger partial charge in [-0.3, -0.25) is 0 Å². The largest absolute Gasteiger partial charge is 0.382 e. The van der Waals surface area contributed by atoms with Gasteiger partial charge in [0, 0.05) is 20.3 Å². The van der Waals surface area contributed by atoms with Gasteiger partial charge in [-0.2, -0.15) is 0 Å². The van der Waals surface area contributed by atoms with Gasteiger partial charge in [-0.1, -0.05) is 24.3 Å². The number of ether oxygens (including phenoxy) is 2. The Kier molecular flexibility index (Phi) is 7.06. The molecule has 1 aliphatic carbocycles. The van der Waals surface area contributed by atoms with Crippen LogP contribution in [0.1, 0.15) is 42.7 Å². The van der Waals surface area contributed by atoms with Crippen LogP contribution in [-0.2, 0) is 16.0 Å². The molecule has 0 saturated heterocycles. The molecule has 1 saturated carbocycles. The van der Waals surface area contributed by atoms with Crippen molar-refractivity contribution in [2.45, 2.75) is 38.1 Å². The highest BCUT2D eigenvalue weighted by Crippen LogP contribution is 2.41. The predicted octanol–water partition coefficient (Wildman–Crippen LogP) is 3.10. The number of hydrogen-bond acceptors (Lipinski definition) is 3. The van der Waals surface area contributed by atoms with Crippen molar-refractivity contribution in [3.63, 3.8) is 0 Å². The lowest BCUT2D eigenvalue weighted by molar-refractivity contribution is 0.0688. The summed E-state index contributed by atoms with van der Waals surface area (Å²) in [6.07, 6.45) is 5.02. The van der Waals surface area contributed by atoms with Gasteiger partial charge in [0.05, 0.1) is 13.2 Å². The Morgan fingerprint density at radius 2 is 1.95 bits per heavy atom. The fourth-order valence-electron chi connectivity index (χ4n) is 2.41. The van der Waals surface area contributed by atoms with Gasteiger partial charge in [0.2, 0.25) is 0 Å². The van der Waals surface area contributed by atoms with Crippen molar-refractivity contribution >= 4 is 0 Å². The Morgan fingerprint density at radius 3 is 2.75 bits per heavy atom. The lowest BCUT2D eigenvalue weighted by atomic mass is 10.0. The molecule has 0 unspecified atom stereocenters. The number of hydrogen-bond donors (Lipinski definition) is 1. The maximum Gasteiger partial charge on any atom is 0.0700 e. The molecule has 0 amide bonds. The van der Waals surface area contributed by atoms with Crippen LogP contribution in [0.4, 0.5) is 0 Å². The number of benzene rings is 1. The van der Waals surface area contributed by atoms with E-state index in [1.54, 1.807) is 12.7 Å². The second-order valence-electron chi connectivity index (χ2n) is 5.46. The lowest BCUT2D eigenvalue weighted by Crippen LogP contribution is -2.16. The molecule has 0 heterocycles. The average Bonchev–Trinajstić information content (AvgIpc) is 3.30. The molecular formula is C17H27NO2. The van der Waals surface area contributed by atoms with E-state index in [1.807, 2.05) is 0 Å². The highest BCUT2D eigenvalue weighted by Gasteiger charge is 2.25. The van der Waals surface area contributed by atoms with E-state index in [1.165, 1.54) is 24.8 Å². The van der Waals surface area contributed by atoms with Crippen molar-refractivity contribution in [1.82, 2.24) is 5.32 Å². The molecular weight excluding hydrogens is 250 g/mol. The fourth-order valence-corrected chi connectivity index (χ4v) is 2.41. The van der Waals surface area contributed by atoms with E-state index in [2.05, 4.69) is 29.6 Å². The van der Waals surface area contributed by atoms with Crippen LogP contribution >= 0.6 is 0 Å². The van der Waals surface area contributed by atoms with Crippen molar-refractivity contribution in [1.29, 1.82) is 0 Å². The van der Waals surface area contributed by atoms with Gasteiger partial charge in [-0.05, 0) is 49.3 Å². The summed E-state index contributed by atoms with van der Waals surface area (Å²) in [5, 5.41) is 3.55. The third kappa shape index (κ3) is 5.61. The van der Waals surface area contributed by atoms with E-state index in [9.17, 15) is 0 Å². The number of unbranched alkanes of at least 4 members (excludes halogenated alkanes) is 1. The summed E-state index contributed by atoms with van der Waals surface area (Å²) in [5.41, 5.74) is 3.04. The zero-order valence-electron chi connectivity index (χ0n) is 12.6. The number of methoxy groups -OCH3 is 1. The van der Waals surface area contributed by atoms with Crippen LogP contribution in [0.2, 0.25) is 0 Å². The van der Waals surface area contributed by atoms with E-state index < -0.39 is 0 Å². The third-order valence-electron chi connectivity index (χ3n) is 3.71. The quantitative estimate of drug-likeness (QED) is 0.630. The van der Waals surface area contributed by atoms with Crippen LogP contribution in [0, 0.1) is 0 Å². The summed E-state index contributed by atoms with van der Waals surface area (Å²) in [6, 6.07) is 8.86. The maximum atomic E-state index is 5.44. The van der Waals surface area contributed by atoms with Crippen LogP contribution < -0.4 is 5.32 Å². The van der Waals surface area contributed by atoms with Crippen molar-refractivity contribution in [3.05, 3.63) is 35.4 Å². The summed E-state index contributed by atoms with van der Waals surface area (Å²) >= 11 is 0. The topological polar surface area (TPSA) is 30.5 Å². The molecule has 0 aliphatic heterocycles. The summed E-state index contributed by atoms with van der Waals surface area (Å²) in [4.78, 5) is 0. The van der Waals surface area contributed by atoms with Gasteiger partial charge in [0.15, 0.2) is 0 Å². The van der Waals surface area contributed by atoms with Gasteiger partial charge in [0.1, 0.15) is 0 Å². The molecule has 0 spiro atoms. The summed E-state index contributed by atoms with van der Waals surface area (Å²) in [6.45, 7) is 4.29. The van der Waals surface area contributed by atoms with E-state index in [4.69, 9.17) is 9.47 Å². The molecule has 0 bridgehead atoms. The molecule has 1 N–H and O–H groups in total. The van der Waals surface area contributed by atoms with Crippen LogP contribution in [0.15, 0.2) is 24.3 Å². The Labute approximate surface area is 122 Å². The molecule has 1 fully saturated rings. The first-order valence-corrected chi connectivity index (χ1v) is 7.77. The van der Waals surface area contributed by atoms with E-state index in [0.717, 1.165) is 32.0 Å². The molecule has 20 heavy (non-hydrogen) atoms. The van der Waals surface area contributed by atoms with Gasteiger partial charge >= 0.3 is 0 Å². The Balaban J connectivity index is 1.53. The molecule has 3 heteroatoms. The summed E-state index contributed by atoms with van der Waals surface area (Å²) in [5.74, 6) is 0.835. The fraction of sp³-hybridized carbons (Fsp3) is 0.647. The molecule has 0 atom stereocenters. The molecule has 0 radical (unpaired) electrons. The average molecular weight is 277 g/mol. The highest BCUT2D eigenvalue weighted by molar-refractivity contribution is 5.33. The van der Waals surface area contributed by atoms with E-state index in [-0.39, 0.29) is 0 Å². The monoisotopic (exact) mass is 277 g/mol. The Bertz CT molecular complexity index is 377. The minimum Gasteiger partial charge on any atom is -0.382 e. The van der Waals surface area contributed by atoms with E-state index in [0.29, 0.717) is 13.2 Å². The third-order valence-corrected chi connectivity index (χ3v) is 3.71. The SMILES string of the molecule is COCCOCCCCNCc1ccccc1C1CC1. The Hall–Kier alpha value is -0.900. The van der Waals surface area contributed by atoms with Crippen LogP contribution in [-0.4, -0.2) is 33.5 Å². The lowest BCUT2D eigenvalue weighted by Gasteiger charge is -2.10. The van der Waals surface area contributed by atoms with Gasteiger partial charge in [0.25, 0.3) is 0 Å². The molecule has 3 nitrogen and oxygen atoms in total. The predicted molar refractivity (Wildman–Crippen MR) is 82.1 cm³/mol. The standard InChI is InChI=1S/C17H27NO2/c1-19-12-13-20-11-5-4-10-18-14-16-6-2-3-7-17(16)15-8-9-15/h2-3,6-7,15,18H,4-5,8-14H2,1H3. The normalized spacial score (nSPS) is 14.7. The van der Waals surface area contributed by atoms with Gasteiger partial charge in [-0.25, -0.2) is 0 Å². The van der Waals surface area contributed by atoms with Crippen LogP contribution in [0.3, 0.4) is 0 Å². The number of rotatable bonds is 11. The molecule has 1 aromatic carbocycles. The minimum absolute atomic E-state index is 0.691. The maximum absolute atomic E-state index is 5.44. The molecule has 112 valence electrons. The zero-order valence-corrected chi connectivity index (χ0v) is 12.6. The molecule has 1 aromatic rings. The van der Waals surface area contributed by atoms with Crippen molar-refractivity contribution in [2.24, 2.45) is 0 Å². The summed E-state index contributed by atoms with van der Waals surface area (Å²) < 4.78 is 10.4. The minimum atomic E-state index is 0.691. The Morgan fingerprint density at radius 1 is 1.10 bits per heavy atom. The van der Waals surface area contributed by atoms with Crippen molar-refractivity contribution in [3.8, 4) is 0 Å². The first kappa shape index (κ1) is 15.5. The smallest absolute Gasteiger partial charge is 0.0700 e. The van der Waals surface area contributed by atoms with Crippen molar-refractivity contribution < 1.29 is 9.47 Å². The zero-order chi connectivity index (χ0) is 14.0. The molecule has 2 rings (SSSR count). The van der Waals surface area contributed by atoms with Crippen LogP contribution in [0.25, 0.3) is 0 Å². The van der Waals surface area contributed by atoms with E-state index >= 15 is 0 Å². The highest BCUT2D eigenvalue weighted by atomic mass is 16.5. The molecule has 1 aliphatic rings. The first-order valence-electron chi connectivity index (χ1n) is 7.77.